The minimum Gasteiger partial charge on any atom is -0.456 e. The van der Waals surface area contributed by atoms with E-state index in [0.29, 0.717) is 11.3 Å². The van der Waals surface area contributed by atoms with Crippen molar-refractivity contribution in [2.24, 2.45) is 0 Å². The number of rotatable bonds is 3. The number of carbonyl (C=O) groups is 2. The summed E-state index contributed by atoms with van der Waals surface area (Å²) in [6, 6.07) is 5.06. The van der Waals surface area contributed by atoms with Crippen LogP contribution >= 0.6 is 23.4 Å². The van der Waals surface area contributed by atoms with Gasteiger partial charge in [0.2, 0.25) is 5.91 Å². The largest absolute Gasteiger partial charge is 0.456 e. The molecule has 0 bridgehead atoms. The Morgan fingerprint density at radius 1 is 1.58 bits per heavy atom. The number of halogens is 1. The van der Waals surface area contributed by atoms with Gasteiger partial charge in [0.1, 0.15) is 6.61 Å². The van der Waals surface area contributed by atoms with Gasteiger partial charge in [-0.15, -0.1) is 11.8 Å². The van der Waals surface area contributed by atoms with Crippen LogP contribution in [0.25, 0.3) is 0 Å². The highest BCUT2D eigenvalue weighted by Gasteiger charge is 2.23. The number of hydrogen-bond donors (Lipinski definition) is 1. The molecule has 100 valence electrons. The Labute approximate surface area is 120 Å². The maximum atomic E-state index is 11.7. The fourth-order valence-corrected chi connectivity index (χ4v) is 2.55. The van der Waals surface area contributed by atoms with Crippen LogP contribution in [0.15, 0.2) is 34.7 Å². The van der Waals surface area contributed by atoms with E-state index in [2.05, 4.69) is 11.9 Å². The second-order valence-corrected chi connectivity index (χ2v) is 5.97. The number of esters is 1. The van der Waals surface area contributed by atoms with Crippen molar-refractivity contribution < 1.29 is 14.3 Å². The fourth-order valence-electron chi connectivity index (χ4n) is 1.56. The predicted molar refractivity (Wildman–Crippen MR) is 75.7 cm³/mol. The Balaban J connectivity index is 2.17. The number of benzene rings is 1. The van der Waals surface area contributed by atoms with E-state index in [0.717, 1.165) is 4.90 Å². The first-order valence-corrected chi connectivity index (χ1v) is 6.85. The Morgan fingerprint density at radius 3 is 3.00 bits per heavy atom. The molecular formula is C13H12ClNO3S. The van der Waals surface area contributed by atoms with Crippen molar-refractivity contribution in [3.05, 3.63) is 35.4 Å². The summed E-state index contributed by atoms with van der Waals surface area (Å²) in [5.74, 6) is -0.570. The van der Waals surface area contributed by atoms with Crippen LogP contribution in [0.4, 0.5) is 5.69 Å². The van der Waals surface area contributed by atoms with Crippen molar-refractivity contribution in [2.75, 3.05) is 11.9 Å². The summed E-state index contributed by atoms with van der Waals surface area (Å²) in [4.78, 5) is 24.3. The van der Waals surface area contributed by atoms with Crippen molar-refractivity contribution >= 4 is 40.9 Å². The number of anilines is 1. The highest BCUT2D eigenvalue weighted by Crippen LogP contribution is 2.35. The van der Waals surface area contributed by atoms with Gasteiger partial charge in [-0.2, -0.15) is 0 Å². The van der Waals surface area contributed by atoms with Gasteiger partial charge in [-0.05, 0) is 25.1 Å². The van der Waals surface area contributed by atoms with Crippen LogP contribution in [0.1, 0.15) is 17.3 Å². The summed E-state index contributed by atoms with van der Waals surface area (Å²) < 4.78 is 4.94. The van der Waals surface area contributed by atoms with E-state index in [9.17, 15) is 9.59 Å². The molecule has 19 heavy (non-hydrogen) atoms. The van der Waals surface area contributed by atoms with E-state index in [1.165, 1.54) is 11.8 Å². The normalized spacial score (nSPS) is 17.4. The summed E-state index contributed by atoms with van der Waals surface area (Å²) in [7, 11) is 0. The zero-order valence-corrected chi connectivity index (χ0v) is 11.8. The zero-order valence-electron chi connectivity index (χ0n) is 10.2. The maximum absolute atomic E-state index is 11.7. The van der Waals surface area contributed by atoms with Gasteiger partial charge in [-0.3, -0.25) is 4.79 Å². The smallest absolute Gasteiger partial charge is 0.338 e. The quantitative estimate of drug-likeness (QED) is 0.871. The molecule has 1 atom stereocenters. The second-order valence-electron chi connectivity index (χ2n) is 4.05. The van der Waals surface area contributed by atoms with Gasteiger partial charge in [0.15, 0.2) is 0 Å². The standard InChI is InChI=1S/C13H12ClNO3S/c1-7(14)6-18-13(17)9-3-4-11-10(5-9)15-12(16)8(2)19-11/h3-5,8H,1,6H2,2H3,(H,15,16)/t8-/m0/s1. The molecule has 1 aliphatic rings. The van der Waals surface area contributed by atoms with E-state index < -0.39 is 5.97 Å². The average Bonchev–Trinajstić information content (AvgIpc) is 2.36. The molecule has 1 aliphatic heterocycles. The summed E-state index contributed by atoms with van der Waals surface area (Å²) >= 11 is 6.99. The first-order chi connectivity index (χ1) is 8.97. The number of fused-ring (bicyclic) bond motifs is 1. The lowest BCUT2D eigenvalue weighted by molar-refractivity contribution is -0.115. The van der Waals surface area contributed by atoms with Crippen LogP contribution in [0.2, 0.25) is 0 Å². The lowest BCUT2D eigenvalue weighted by atomic mass is 10.2. The second kappa shape index (κ2) is 5.67. The zero-order chi connectivity index (χ0) is 14.0. The summed E-state index contributed by atoms with van der Waals surface area (Å²) in [5.41, 5.74) is 0.999. The van der Waals surface area contributed by atoms with Gasteiger partial charge in [0, 0.05) is 9.93 Å². The van der Waals surface area contributed by atoms with Gasteiger partial charge in [0.25, 0.3) is 0 Å². The van der Waals surface area contributed by atoms with E-state index >= 15 is 0 Å². The SMILES string of the molecule is C=C(Cl)COC(=O)c1ccc2c(c1)NC(=O)[C@H](C)S2. The van der Waals surface area contributed by atoms with Crippen LogP contribution in [-0.4, -0.2) is 23.7 Å². The highest BCUT2D eigenvalue weighted by atomic mass is 35.5. The summed E-state index contributed by atoms with van der Waals surface area (Å²) in [5, 5.41) is 2.88. The molecule has 0 unspecified atom stereocenters. The molecule has 0 radical (unpaired) electrons. The number of carbonyl (C=O) groups excluding carboxylic acids is 2. The highest BCUT2D eigenvalue weighted by molar-refractivity contribution is 8.00. The number of amides is 1. The molecule has 0 aliphatic carbocycles. The van der Waals surface area contributed by atoms with Crippen molar-refractivity contribution in [2.45, 2.75) is 17.1 Å². The maximum Gasteiger partial charge on any atom is 0.338 e. The van der Waals surface area contributed by atoms with Crippen molar-refractivity contribution in [1.82, 2.24) is 0 Å². The molecule has 1 amide bonds. The first-order valence-electron chi connectivity index (χ1n) is 5.59. The van der Waals surface area contributed by atoms with Gasteiger partial charge < -0.3 is 10.1 Å². The molecule has 6 heteroatoms. The molecule has 1 aromatic rings. The minimum atomic E-state index is -0.498. The molecular weight excluding hydrogens is 286 g/mol. The molecule has 0 fully saturated rings. The molecule has 0 saturated carbocycles. The van der Waals surface area contributed by atoms with E-state index in [-0.39, 0.29) is 22.8 Å². The van der Waals surface area contributed by atoms with Gasteiger partial charge in [-0.25, -0.2) is 4.79 Å². The van der Waals surface area contributed by atoms with E-state index in [1.54, 1.807) is 18.2 Å². The van der Waals surface area contributed by atoms with Gasteiger partial charge >= 0.3 is 5.97 Å². The molecule has 1 N–H and O–H groups in total. The lowest BCUT2D eigenvalue weighted by Gasteiger charge is -2.21. The predicted octanol–water partition coefficient (Wildman–Crippen LogP) is 3.03. The average molecular weight is 298 g/mol. The van der Waals surface area contributed by atoms with Crippen LogP contribution in [0.5, 0.6) is 0 Å². The Hall–Kier alpha value is -1.46. The van der Waals surface area contributed by atoms with Gasteiger partial charge in [-0.1, -0.05) is 18.2 Å². The van der Waals surface area contributed by atoms with Crippen molar-refractivity contribution in [3.63, 3.8) is 0 Å². The minimum absolute atomic E-state index is 0.0321. The third-order valence-electron chi connectivity index (χ3n) is 2.51. The number of nitrogens with one attached hydrogen (secondary N) is 1. The van der Waals surface area contributed by atoms with Crippen LogP contribution < -0.4 is 5.32 Å². The Morgan fingerprint density at radius 2 is 2.32 bits per heavy atom. The molecule has 0 aromatic heterocycles. The Bertz CT molecular complexity index is 559. The van der Waals surface area contributed by atoms with Crippen LogP contribution in [-0.2, 0) is 9.53 Å². The summed E-state index contributed by atoms with van der Waals surface area (Å²) in [6.45, 7) is 5.24. The van der Waals surface area contributed by atoms with Crippen molar-refractivity contribution in [3.8, 4) is 0 Å². The van der Waals surface area contributed by atoms with Crippen molar-refractivity contribution in [1.29, 1.82) is 0 Å². The fraction of sp³-hybridized carbons (Fsp3) is 0.231. The monoisotopic (exact) mass is 297 g/mol. The first kappa shape index (κ1) is 14.0. The topological polar surface area (TPSA) is 55.4 Å². The van der Waals surface area contributed by atoms with Gasteiger partial charge in [0.05, 0.1) is 16.5 Å². The number of hydrogen-bond acceptors (Lipinski definition) is 4. The molecule has 0 saturated heterocycles. The third-order valence-corrected chi connectivity index (χ3v) is 3.79. The Kier molecular flexibility index (Phi) is 4.17. The lowest BCUT2D eigenvalue weighted by Crippen LogP contribution is -2.26. The molecule has 1 heterocycles. The third kappa shape index (κ3) is 3.30. The molecule has 0 spiro atoms. The molecule has 1 aromatic carbocycles. The number of thioether (sulfide) groups is 1. The number of ether oxygens (including phenoxy) is 1. The van der Waals surface area contributed by atoms with E-state index in [1.807, 2.05) is 6.92 Å². The molecule has 2 rings (SSSR count). The molecule has 4 nitrogen and oxygen atoms in total. The van der Waals surface area contributed by atoms with E-state index in [4.69, 9.17) is 16.3 Å². The summed E-state index contributed by atoms with van der Waals surface area (Å²) in [6.07, 6.45) is 0. The van der Waals surface area contributed by atoms with Crippen LogP contribution in [0.3, 0.4) is 0 Å². The van der Waals surface area contributed by atoms with Crippen LogP contribution in [0, 0.1) is 0 Å².